The molecule has 2 aliphatic rings. The standard InChI is InChI=1S/C20H20BrNO2/c21-15-7-5-14(6-8-15)13-17-19(23)16-3-1-2-4-18(16)24-20(17)9-11-22-12-10-20/h1-8,17,22H,9-13H2. The summed E-state index contributed by atoms with van der Waals surface area (Å²) in [5.74, 6) is 0.841. The van der Waals surface area contributed by atoms with Crippen molar-refractivity contribution in [2.45, 2.75) is 24.9 Å². The van der Waals surface area contributed by atoms with Gasteiger partial charge >= 0.3 is 0 Å². The van der Waals surface area contributed by atoms with Crippen LogP contribution in [-0.4, -0.2) is 24.5 Å². The first kappa shape index (κ1) is 15.9. The van der Waals surface area contributed by atoms with Crippen molar-refractivity contribution in [1.29, 1.82) is 0 Å². The molecule has 0 bridgehead atoms. The van der Waals surface area contributed by atoms with Gasteiger partial charge in [-0.15, -0.1) is 0 Å². The Morgan fingerprint density at radius 2 is 1.79 bits per heavy atom. The largest absolute Gasteiger partial charge is 0.486 e. The van der Waals surface area contributed by atoms with Crippen LogP contribution in [-0.2, 0) is 6.42 Å². The first-order valence-corrected chi connectivity index (χ1v) is 9.25. The van der Waals surface area contributed by atoms with Crippen LogP contribution in [0.3, 0.4) is 0 Å². The third-order valence-corrected chi connectivity index (χ3v) is 5.75. The van der Waals surface area contributed by atoms with Crippen LogP contribution < -0.4 is 10.1 Å². The number of Topliss-reactive ketones (excluding diaryl/α,β-unsaturated/α-hetero) is 1. The number of benzene rings is 2. The van der Waals surface area contributed by atoms with Gasteiger partial charge in [0, 0.05) is 17.3 Å². The molecule has 0 aromatic heterocycles. The number of ketones is 1. The molecule has 0 radical (unpaired) electrons. The molecular weight excluding hydrogens is 366 g/mol. The van der Waals surface area contributed by atoms with Crippen LogP contribution in [0.1, 0.15) is 28.8 Å². The van der Waals surface area contributed by atoms with Gasteiger partial charge in [-0.05, 0) is 49.3 Å². The number of hydrogen-bond acceptors (Lipinski definition) is 3. The third kappa shape index (κ3) is 2.78. The van der Waals surface area contributed by atoms with Crippen molar-refractivity contribution < 1.29 is 9.53 Å². The molecule has 3 nitrogen and oxygen atoms in total. The SMILES string of the molecule is O=C1c2ccccc2OC2(CCNCC2)C1Cc1ccc(Br)cc1. The van der Waals surface area contributed by atoms with Gasteiger partial charge < -0.3 is 10.1 Å². The number of nitrogens with one attached hydrogen (secondary N) is 1. The van der Waals surface area contributed by atoms with E-state index in [1.54, 1.807) is 0 Å². The summed E-state index contributed by atoms with van der Waals surface area (Å²) in [5, 5.41) is 3.39. The number of carbonyl (C=O) groups is 1. The maximum Gasteiger partial charge on any atom is 0.173 e. The predicted molar refractivity (Wildman–Crippen MR) is 97.6 cm³/mol. The van der Waals surface area contributed by atoms with E-state index in [0.29, 0.717) is 0 Å². The summed E-state index contributed by atoms with van der Waals surface area (Å²) in [7, 11) is 0. The van der Waals surface area contributed by atoms with Gasteiger partial charge in [-0.25, -0.2) is 0 Å². The average molecular weight is 386 g/mol. The smallest absolute Gasteiger partial charge is 0.173 e. The second-order valence-corrected chi connectivity index (χ2v) is 7.58. The molecular formula is C20H20BrNO2. The maximum absolute atomic E-state index is 13.3. The van der Waals surface area contributed by atoms with Crippen LogP contribution in [0.25, 0.3) is 0 Å². The van der Waals surface area contributed by atoms with Crippen LogP contribution in [0.5, 0.6) is 5.75 Å². The Hall–Kier alpha value is -1.65. The highest BCUT2D eigenvalue weighted by atomic mass is 79.9. The normalized spacial score (nSPS) is 22.0. The molecule has 2 aromatic rings. The van der Waals surface area contributed by atoms with Crippen molar-refractivity contribution in [3.05, 3.63) is 64.1 Å². The van der Waals surface area contributed by atoms with E-state index in [-0.39, 0.29) is 17.3 Å². The summed E-state index contributed by atoms with van der Waals surface area (Å²) in [6.45, 7) is 1.79. The average Bonchev–Trinajstić information content (AvgIpc) is 2.61. The minimum atomic E-state index is -0.385. The fraction of sp³-hybridized carbons (Fsp3) is 0.350. The molecule has 0 aliphatic carbocycles. The molecule has 0 amide bonds. The Balaban J connectivity index is 1.73. The van der Waals surface area contributed by atoms with E-state index in [9.17, 15) is 4.79 Å². The van der Waals surface area contributed by atoms with Crippen LogP contribution in [0, 0.1) is 5.92 Å². The van der Waals surface area contributed by atoms with Gasteiger partial charge in [0.05, 0.1) is 11.5 Å². The molecule has 1 unspecified atom stereocenters. The summed E-state index contributed by atoms with van der Waals surface area (Å²) in [6, 6.07) is 15.9. The Labute approximate surface area is 150 Å². The molecule has 4 heteroatoms. The van der Waals surface area contributed by atoms with Gasteiger partial charge in [-0.1, -0.05) is 40.2 Å². The van der Waals surface area contributed by atoms with Gasteiger partial charge in [-0.3, -0.25) is 4.79 Å². The number of para-hydroxylation sites is 1. The molecule has 4 rings (SSSR count). The van der Waals surface area contributed by atoms with Gasteiger partial charge in [0.25, 0.3) is 0 Å². The second kappa shape index (κ2) is 6.34. The first-order chi connectivity index (χ1) is 11.7. The molecule has 2 aliphatic heterocycles. The van der Waals surface area contributed by atoms with Crippen molar-refractivity contribution in [3.63, 3.8) is 0 Å². The van der Waals surface area contributed by atoms with E-state index in [2.05, 4.69) is 33.4 Å². The summed E-state index contributed by atoms with van der Waals surface area (Å²) in [5.41, 5.74) is 1.52. The number of carbonyl (C=O) groups excluding carboxylic acids is 1. The number of piperidine rings is 1. The van der Waals surface area contributed by atoms with E-state index in [1.165, 1.54) is 5.56 Å². The fourth-order valence-electron chi connectivity index (χ4n) is 3.91. The number of ether oxygens (including phenoxy) is 1. The van der Waals surface area contributed by atoms with E-state index in [1.807, 2.05) is 36.4 Å². The van der Waals surface area contributed by atoms with Crippen LogP contribution >= 0.6 is 15.9 Å². The van der Waals surface area contributed by atoms with Crippen molar-refractivity contribution >= 4 is 21.7 Å². The summed E-state index contributed by atoms with van der Waals surface area (Å²) < 4.78 is 7.52. The Kier molecular flexibility index (Phi) is 4.19. The lowest BCUT2D eigenvalue weighted by Gasteiger charge is -2.46. The molecule has 1 atom stereocenters. The topological polar surface area (TPSA) is 38.3 Å². The molecule has 1 saturated heterocycles. The van der Waals surface area contributed by atoms with Gasteiger partial charge in [-0.2, -0.15) is 0 Å². The maximum atomic E-state index is 13.3. The highest BCUT2D eigenvalue weighted by molar-refractivity contribution is 9.10. The predicted octanol–water partition coefficient (Wildman–Crippen LogP) is 4.01. The molecule has 0 saturated carbocycles. The lowest BCUT2D eigenvalue weighted by Crippen LogP contribution is -2.56. The van der Waals surface area contributed by atoms with E-state index < -0.39 is 0 Å². The Morgan fingerprint density at radius 1 is 1.08 bits per heavy atom. The lowest BCUT2D eigenvalue weighted by molar-refractivity contribution is -0.0208. The van der Waals surface area contributed by atoms with Crippen molar-refractivity contribution in [2.75, 3.05) is 13.1 Å². The summed E-state index contributed by atoms with van der Waals surface area (Å²) in [4.78, 5) is 13.3. The summed E-state index contributed by atoms with van der Waals surface area (Å²) in [6.07, 6.45) is 2.46. The molecule has 2 heterocycles. The minimum Gasteiger partial charge on any atom is -0.486 e. The zero-order chi connectivity index (χ0) is 16.6. The Bertz CT molecular complexity index is 750. The highest BCUT2D eigenvalue weighted by Crippen LogP contribution is 2.43. The molecule has 1 fully saturated rings. The summed E-state index contributed by atoms with van der Waals surface area (Å²) >= 11 is 3.47. The van der Waals surface area contributed by atoms with Gasteiger partial charge in [0.2, 0.25) is 0 Å². The zero-order valence-corrected chi connectivity index (χ0v) is 15.0. The van der Waals surface area contributed by atoms with Crippen LogP contribution in [0.4, 0.5) is 0 Å². The number of fused-ring (bicyclic) bond motifs is 1. The second-order valence-electron chi connectivity index (χ2n) is 6.66. The molecule has 1 N–H and O–H groups in total. The van der Waals surface area contributed by atoms with E-state index >= 15 is 0 Å². The Morgan fingerprint density at radius 3 is 2.54 bits per heavy atom. The van der Waals surface area contributed by atoms with Gasteiger partial charge in [0.15, 0.2) is 5.78 Å². The molecule has 24 heavy (non-hydrogen) atoms. The number of halogens is 1. The van der Waals surface area contributed by atoms with Gasteiger partial charge in [0.1, 0.15) is 11.4 Å². The number of rotatable bonds is 2. The lowest BCUT2D eigenvalue weighted by atomic mass is 9.71. The monoisotopic (exact) mass is 385 g/mol. The van der Waals surface area contributed by atoms with Crippen LogP contribution in [0.15, 0.2) is 53.0 Å². The fourth-order valence-corrected chi connectivity index (χ4v) is 4.18. The number of hydrogen-bond donors (Lipinski definition) is 1. The molecule has 2 aromatic carbocycles. The van der Waals surface area contributed by atoms with Crippen molar-refractivity contribution in [3.8, 4) is 5.75 Å². The van der Waals surface area contributed by atoms with Crippen molar-refractivity contribution in [1.82, 2.24) is 5.32 Å². The first-order valence-electron chi connectivity index (χ1n) is 8.45. The highest BCUT2D eigenvalue weighted by Gasteiger charge is 2.49. The van der Waals surface area contributed by atoms with E-state index in [0.717, 1.165) is 48.1 Å². The minimum absolute atomic E-state index is 0.129. The van der Waals surface area contributed by atoms with Crippen LogP contribution in [0.2, 0.25) is 0 Å². The quantitative estimate of drug-likeness (QED) is 0.848. The third-order valence-electron chi connectivity index (χ3n) is 5.22. The van der Waals surface area contributed by atoms with E-state index in [4.69, 9.17) is 4.74 Å². The zero-order valence-electron chi connectivity index (χ0n) is 13.4. The van der Waals surface area contributed by atoms with Crippen molar-refractivity contribution in [2.24, 2.45) is 5.92 Å². The molecule has 124 valence electrons. The molecule has 1 spiro atoms.